The molecule has 0 fully saturated rings. The van der Waals surface area contributed by atoms with Crippen LogP contribution in [0, 0.1) is 20.8 Å². The third-order valence-corrected chi connectivity index (χ3v) is 6.49. The SMILES string of the molecule is CCCN(C(=O)C(CCC(N)=O)NC(=O)OC(C)(C)C)C(C(=O)Nc1c(C)cccc1Cl)c1cc(C)ccc1C. The number of alkyl carbamates (subject to hydrolysis) is 1. The number of rotatable bonds is 11. The van der Waals surface area contributed by atoms with E-state index in [4.69, 9.17) is 22.1 Å². The van der Waals surface area contributed by atoms with E-state index in [1.165, 1.54) is 4.90 Å². The number of nitrogens with two attached hydrogens (primary N) is 1. The minimum atomic E-state index is -1.16. The molecule has 0 heterocycles. The molecule has 2 aromatic rings. The maximum atomic E-state index is 14.1. The lowest BCUT2D eigenvalue weighted by atomic mass is 9.95. The highest BCUT2D eigenvalue weighted by atomic mass is 35.5. The quantitative estimate of drug-likeness (QED) is 0.334. The molecule has 0 aliphatic rings. The van der Waals surface area contributed by atoms with Crippen LogP contribution in [0.2, 0.25) is 5.02 Å². The molecule has 218 valence electrons. The number of anilines is 1. The highest BCUT2D eigenvalue weighted by Crippen LogP contribution is 2.31. The number of aryl methyl sites for hydroxylation is 3. The van der Waals surface area contributed by atoms with Crippen molar-refractivity contribution in [2.45, 2.75) is 85.4 Å². The monoisotopic (exact) mass is 572 g/mol. The number of halogens is 1. The van der Waals surface area contributed by atoms with Crippen molar-refractivity contribution in [1.29, 1.82) is 0 Å². The maximum Gasteiger partial charge on any atom is 0.408 e. The highest BCUT2D eigenvalue weighted by Gasteiger charge is 2.37. The number of ether oxygens (including phenoxy) is 1. The highest BCUT2D eigenvalue weighted by molar-refractivity contribution is 6.34. The van der Waals surface area contributed by atoms with Crippen LogP contribution in [-0.2, 0) is 19.1 Å². The lowest BCUT2D eigenvalue weighted by Gasteiger charge is -2.35. The fraction of sp³-hybridized carbons (Fsp3) is 0.467. The van der Waals surface area contributed by atoms with Crippen LogP contribution < -0.4 is 16.4 Å². The molecule has 0 saturated heterocycles. The Morgan fingerprint density at radius 2 is 1.73 bits per heavy atom. The second-order valence-electron chi connectivity index (χ2n) is 10.9. The summed E-state index contributed by atoms with van der Waals surface area (Å²) in [6.07, 6.45) is -0.490. The number of amides is 4. The predicted molar refractivity (Wildman–Crippen MR) is 157 cm³/mol. The summed E-state index contributed by atoms with van der Waals surface area (Å²) >= 11 is 6.42. The molecule has 40 heavy (non-hydrogen) atoms. The molecular weight excluding hydrogens is 532 g/mol. The normalized spacial score (nSPS) is 12.7. The molecule has 2 rings (SSSR count). The molecule has 2 aromatic carbocycles. The van der Waals surface area contributed by atoms with Gasteiger partial charge in [-0.1, -0.05) is 54.4 Å². The summed E-state index contributed by atoms with van der Waals surface area (Å²) in [5, 5.41) is 5.89. The first-order chi connectivity index (χ1) is 18.6. The summed E-state index contributed by atoms with van der Waals surface area (Å²) < 4.78 is 5.37. The Labute approximate surface area is 241 Å². The number of primary amides is 1. The number of benzene rings is 2. The Balaban J connectivity index is 2.61. The summed E-state index contributed by atoms with van der Waals surface area (Å²) in [6, 6.07) is 8.77. The van der Waals surface area contributed by atoms with Gasteiger partial charge in [-0.3, -0.25) is 14.4 Å². The summed E-state index contributed by atoms with van der Waals surface area (Å²) in [7, 11) is 0. The van der Waals surface area contributed by atoms with Crippen molar-refractivity contribution in [3.63, 3.8) is 0 Å². The summed E-state index contributed by atoms with van der Waals surface area (Å²) in [5.41, 5.74) is 8.13. The maximum absolute atomic E-state index is 14.1. The van der Waals surface area contributed by atoms with Crippen LogP contribution in [0.1, 0.15) is 75.3 Å². The topological polar surface area (TPSA) is 131 Å². The largest absolute Gasteiger partial charge is 0.444 e. The fourth-order valence-corrected chi connectivity index (χ4v) is 4.56. The Bertz CT molecular complexity index is 1220. The number of hydrogen-bond donors (Lipinski definition) is 3. The third-order valence-electron chi connectivity index (χ3n) is 6.18. The minimum Gasteiger partial charge on any atom is -0.444 e. The van der Waals surface area contributed by atoms with Crippen molar-refractivity contribution in [3.8, 4) is 0 Å². The second-order valence-corrected chi connectivity index (χ2v) is 11.3. The Morgan fingerprint density at radius 3 is 2.30 bits per heavy atom. The molecule has 0 aliphatic carbocycles. The molecule has 2 atom stereocenters. The zero-order chi connectivity index (χ0) is 30.2. The number of carbonyl (C=O) groups excluding carboxylic acids is 4. The molecule has 0 bridgehead atoms. The Morgan fingerprint density at radius 1 is 1.05 bits per heavy atom. The van der Waals surface area contributed by atoms with Crippen LogP contribution in [0.3, 0.4) is 0 Å². The number of nitrogens with one attached hydrogen (secondary N) is 2. The molecule has 4 N–H and O–H groups in total. The molecule has 0 aromatic heterocycles. The second kappa shape index (κ2) is 14.2. The van der Waals surface area contributed by atoms with Crippen molar-refractivity contribution in [2.24, 2.45) is 5.73 Å². The van der Waals surface area contributed by atoms with Crippen LogP contribution >= 0.6 is 11.6 Å². The molecule has 0 spiro atoms. The number of hydrogen-bond acceptors (Lipinski definition) is 5. The Kier molecular flexibility index (Phi) is 11.5. The molecular formula is C30H41ClN4O5. The van der Waals surface area contributed by atoms with Crippen molar-refractivity contribution in [1.82, 2.24) is 10.2 Å². The summed E-state index contributed by atoms with van der Waals surface area (Å²) in [6.45, 7) is 12.8. The fourth-order valence-electron chi connectivity index (χ4n) is 4.29. The van der Waals surface area contributed by atoms with Gasteiger partial charge in [-0.15, -0.1) is 0 Å². The van der Waals surface area contributed by atoms with Crippen LogP contribution in [-0.4, -0.2) is 46.9 Å². The lowest BCUT2D eigenvalue weighted by molar-refractivity contribution is -0.141. The van der Waals surface area contributed by atoms with Gasteiger partial charge >= 0.3 is 6.09 Å². The van der Waals surface area contributed by atoms with E-state index in [1.807, 2.05) is 52.0 Å². The van der Waals surface area contributed by atoms with Gasteiger partial charge in [0.1, 0.15) is 17.7 Å². The molecule has 10 heteroatoms. The van der Waals surface area contributed by atoms with E-state index in [0.717, 1.165) is 16.7 Å². The van der Waals surface area contributed by atoms with E-state index in [9.17, 15) is 19.2 Å². The molecule has 0 saturated carbocycles. The van der Waals surface area contributed by atoms with Crippen molar-refractivity contribution in [2.75, 3.05) is 11.9 Å². The van der Waals surface area contributed by atoms with Gasteiger partial charge in [0.05, 0.1) is 10.7 Å². The summed E-state index contributed by atoms with van der Waals surface area (Å²) in [5.74, 6) is -1.62. The lowest BCUT2D eigenvalue weighted by Crippen LogP contribution is -2.53. The minimum absolute atomic E-state index is 0.0572. The first-order valence-corrected chi connectivity index (χ1v) is 13.7. The van der Waals surface area contributed by atoms with E-state index in [-0.39, 0.29) is 19.4 Å². The van der Waals surface area contributed by atoms with Gasteiger partial charge in [0.25, 0.3) is 5.91 Å². The molecule has 2 unspecified atom stereocenters. The molecule has 4 amide bonds. The van der Waals surface area contributed by atoms with Crippen molar-refractivity contribution >= 4 is 41.1 Å². The van der Waals surface area contributed by atoms with Crippen molar-refractivity contribution in [3.05, 3.63) is 63.7 Å². The van der Waals surface area contributed by atoms with Gasteiger partial charge in [-0.05, 0) is 77.1 Å². The van der Waals surface area contributed by atoms with Gasteiger partial charge in [0.15, 0.2) is 0 Å². The molecule has 0 aliphatic heterocycles. The standard InChI is InChI=1S/C30H41ClN4O5/c1-8-16-35(28(38)23(14-15-24(32)36)33-29(39)40-30(5,6)7)26(21-17-18(2)12-13-19(21)3)27(37)34-25-20(4)10-9-11-22(25)31/h9-13,17,23,26H,8,14-16H2,1-7H3,(H2,32,36)(H,33,39)(H,34,37). The Hall–Kier alpha value is -3.59. The van der Waals surface area contributed by atoms with Gasteiger partial charge in [-0.25, -0.2) is 4.79 Å². The summed E-state index contributed by atoms with van der Waals surface area (Å²) in [4.78, 5) is 53.9. The average Bonchev–Trinajstić information content (AvgIpc) is 2.84. The van der Waals surface area contributed by atoms with Gasteiger partial charge < -0.3 is 26.0 Å². The van der Waals surface area contributed by atoms with Gasteiger partial charge in [0, 0.05) is 13.0 Å². The first kappa shape index (κ1) is 32.6. The van der Waals surface area contributed by atoms with Gasteiger partial charge in [-0.2, -0.15) is 0 Å². The number of nitrogens with zero attached hydrogens (tertiary/aromatic N) is 1. The number of para-hydroxylation sites is 1. The van der Waals surface area contributed by atoms with E-state index < -0.39 is 41.5 Å². The van der Waals surface area contributed by atoms with E-state index in [1.54, 1.807) is 32.9 Å². The average molecular weight is 573 g/mol. The van der Waals surface area contributed by atoms with Crippen LogP contribution in [0.4, 0.5) is 10.5 Å². The van der Waals surface area contributed by atoms with Crippen LogP contribution in [0.15, 0.2) is 36.4 Å². The first-order valence-electron chi connectivity index (χ1n) is 13.4. The van der Waals surface area contributed by atoms with E-state index >= 15 is 0 Å². The van der Waals surface area contributed by atoms with Crippen LogP contribution in [0.5, 0.6) is 0 Å². The van der Waals surface area contributed by atoms with Crippen molar-refractivity contribution < 1.29 is 23.9 Å². The molecule has 0 radical (unpaired) electrons. The van der Waals surface area contributed by atoms with Gasteiger partial charge in [0.2, 0.25) is 11.8 Å². The smallest absolute Gasteiger partial charge is 0.408 e. The molecule has 9 nitrogen and oxygen atoms in total. The third kappa shape index (κ3) is 9.26. The van der Waals surface area contributed by atoms with E-state index in [2.05, 4.69) is 10.6 Å². The zero-order valence-corrected chi connectivity index (χ0v) is 25.1. The predicted octanol–water partition coefficient (Wildman–Crippen LogP) is 5.34. The van der Waals surface area contributed by atoms with Crippen LogP contribution in [0.25, 0.3) is 0 Å². The number of carbonyl (C=O) groups is 4. The zero-order valence-electron chi connectivity index (χ0n) is 24.4. The van der Waals surface area contributed by atoms with E-state index in [0.29, 0.717) is 22.7 Å².